The highest BCUT2D eigenvalue weighted by atomic mass is 16.7. The average molecular weight is 182 g/mol. The van der Waals surface area contributed by atoms with E-state index in [1.165, 1.54) is 0 Å². The van der Waals surface area contributed by atoms with Gasteiger partial charge in [0.15, 0.2) is 6.29 Å². The summed E-state index contributed by atoms with van der Waals surface area (Å²) in [4.78, 5) is 0. The van der Waals surface area contributed by atoms with E-state index in [0.29, 0.717) is 6.61 Å². The summed E-state index contributed by atoms with van der Waals surface area (Å²) in [6.45, 7) is 1.52. The van der Waals surface area contributed by atoms with E-state index in [0.717, 1.165) is 31.6 Å². The van der Waals surface area contributed by atoms with E-state index in [9.17, 15) is 0 Å². The quantitative estimate of drug-likeness (QED) is 0.713. The second kappa shape index (κ2) is 4.44. The van der Waals surface area contributed by atoms with Crippen LogP contribution < -0.4 is 0 Å². The Morgan fingerprint density at radius 1 is 1.54 bits per heavy atom. The zero-order valence-electron chi connectivity index (χ0n) is 7.57. The first kappa shape index (κ1) is 8.78. The molecule has 0 aromatic carbocycles. The van der Waals surface area contributed by atoms with Crippen LogP contribution in [0.4, 0.5) is 0 Å². The summed E-state index contributed by atoms with van der Waals surface area (Å²) < 4.78 is 16.0. The van der Waals surface area contributed by atoms with Gasteiger partial charge in [-0.1, -0.05) is 0 Å². The highest BCUT2D eigenvalue weighted by molar-refractivity contribution is 4.97. The van der Waals surface area contributed by atoms with Crippen molar-refractivity contribution in [3.8, 4) is 0 Å². The molecule has 0 saturated carbocycles. The lowest BCUT2D eigenvalue weighted by molar-refractivity contribution is -0.110. The normalized spacial score (nSPS) is 22.3. The Bertz CT molecular complexity index is 224. The molecule has 0 amide bonds. The molecule has 0 bridgehead atoms. The lowest BCUT2D eigenvalue weighted by Crippen LogP contribution is -2.12. The van der Waals surface area contributed by atoms with Crippen molar-refractivity contribution in [2.75, 3.05) is 13.2 Å². The lowest BCUT2D eigenvalue weighted by atomic mass is 10.3. The molecular formula is C10H14O3. The van der Waals surface area contributed by atoms with Gasteiger partial charge in [-0.2, -0.15) is 0 Å². The molecule has 13 heavy (non-hydrogen) atoms. The molecule has 1 saturated heterocycles. The summed E-state index contributed by atoms with van der Waals surface area (Å²) in [5.41, 5.74) is 0. The first-order valence-corrected chi connectivity index (χ1v) is 4.71. The van der Waals surface area contributed by atoms with Gasteiger partial charge in [0.1, 0.15) is 5.76 Å². The van der Waals surface area contributed by atoms with Gasteiger partial charge in [0, 0.05) is 19.4 Å². The van der Waals surface area contributed by atoms with Crippen LogP contribution in [0, 0.1) is 0 Å². The topological polar surface area (TPSA) is 31.6 Å². The van der Waals surface area contributed by atoms with Gasteiger partial charge in [-0.15, -0.1) is 0 Å². The summed E-state index contributed by atoms with van der Waals surface area (Å²) in [5.74, 6) is 0.970. The molecule has 72 valence electrons. The number of hydrogen-bond donors (Lipinski definition) is 0. The van der Waals surface area contributed by atoms with Crippen LogP contribution in [0.2, 0.25) is 0 Å². The molecule has 1 aliphatic heterocycles. The van der Waals surface area contributed by atoms with Gasteiger partial charge in [-0.3, -0.25) is 0 Å². The molecule has 1 aliphatic rings. The Hall–Kier alpha value is -0.800. The van der Waals surface area contributed by atoms with Crippen LogP contribution in [0.5, 0.6) is 0 Å². The predicted octanol–water partition coefficient (Wildman–Crippen LogP) is 1.98. The maximum absolute atomic E-state index is 5.49. The molecule has 3 nitrogen and oxygen atoms in total. The van der Waals surface area contributed by atoms with Crippen molar-refractivity contribution < 1.29 is 13.9 Å². The Balaban J connectivity index is 1.63. The van der Waals surface area contributed by atoms with Crippen LogP contribution in [0.25, 0.3) is 0 Å². The van der Waals surface area contributed by atoms with Crippen LogP contribution in [0.1, 0.15) is 18.6 Å². The molecule has 0 aliphatic carbocycles. The fourth-order valence-electron chi connectivity index (χ4n) is 1.43. The van der Waals surface area contributed by atoms with Crippen molar-refractivity contribution >= 4 is 0 Å². The summed E-state index contributed by atoms with van der Waals surface area (Å²) in [5, 5.41) is 0. The van der Waals surface area contributed by atoms with Crippen molar-refractivity contribution in [2.24, 2.45) is 0 Å². The highest BCUT2D eigenvalue weighted by Gasteiger charge is 2.15. The summed E-state index contributed by atoms with van der Waals surface area (Å²) in [6, 6.07) is 3.85. The molecule has 2 rings (SSSR count). The molecule has 1 aromatic heterocycles. The maximum Gasteiger partial charge on any atom is 0.157 e. The number of furan rings is 1. The van der Waals surface area contributed by atoms with Gasteiger partial charge in [0.25, 0.3) is 0 Å². The van der Waals surface area contributed by atoms with Gasteiger partial charge in [-0.05, 0) is 18.6 Å². The van der Waals surface area contributed by atoms with Crippen LogP contribution in [-0.2, 0) is 15.9 Å². The monoisotopic (exact) mass is 182 g/mol. The molecule has 3 heteroatoms. The smallest absolute Gasteiger partial charge is 0.157 e. The van der Waals surface area contributed by atoms with Crippen LogP contribution >= 0.6 is 0 Å². The van der Waals surface area contributed by atoms with Gasteiger partial charge in [0.05, 0.1) is 12.9 Å². The summed E-state index contributed by atoms with van der Waals surface area (Å²) in [7, 11) is 0. The van der Waals surface area contributed by atoms with E-state index >= 15 is 0 Å². The van der Waals surface area contributed by atoms with Gasteiger partial charge in [-0.25, -0.2) is 0 Å². The minimum Gasteiger partial charge on any atom is -0.469 e. The van der Waals surface area contributed by atoms with Crippen molar-refractivity contribution in [2.45, 2.75) is 25.6 Å². The molecule has 1 fully saturated rings. The molecule has 1 aromatic rings. The minimum absolute atomic E-state index is 0.0231. The SMILES string of the molecule is c1coc(CCOC2CCCO2)c1. The lowest BCUT2D eigenvalue weighted by Gasteiger charge is -2.09. The second-order valence-corrected chi connectivity index (χ2v) is 3.14. The average Bonchev–Trinajstić information content (AvgIpc) is 2.75. The Kier molecular flexibility index (Phi) is 3.00. The highest BCUT2D eigenvalue weighted by Crippen LogP contribution is 2.13. The first-order chi connectivity index (χ1) is 6.45. The summed E-state index contributed by atoms with van der Waals surface area (Å²) in [6.07, 6.45) is 4.67. The van der Waals surface area contributed by atoms with Crippen molar-refractivity contribution in [3.63, 3.8) is 0 Å². The van der Waals surface area contributed by atoms with Crippen molar-refractivity contribution in [1.82, 2.24) is 0 Å². The van der Waals surface area contributed by atoms with E-state index in [4.69, 9.17) is 13.9 Å². The Labute approximate surface area is 77.6 Å². The largest absolute Gasteiger partial charge is 0.469 e. The molecule has 1 atom stereocenters. The third kappa shape index (κ3) is 2.57. The number of hydrogen-bond acceptors (Lipinski definition) is 3. The predicted molar refractivity (Wildman–Crippen MR) is 47.3 cm³/mol. The second-order valence-electron chi connectivity index (χ2n) is 3.14. The van der Waals surface area contributed by atoms with Crippen molar-refractivity contribution in [3.05, 3.63) is 24.2 Å². The first-order valence-electron chi connectivity index (χ1n) is 4.71. The Morgan fingerprint density at radius 2 is 2.54 bits per heavy atom. The summed E-state index contributed by atoms with van der Waals surface area (Å²) >= 11 is 0. The number of ether oxygens (including phenoxy) is 2. The van der Waals surface area contributed by atoms with Crippen LogP contribution in [-0.4, -0.2) is 19.5 Å². The van der Waals surface area contributed by atoms with Gasteiger partial charge < -0.3 is 13.9 Å². The Morgan fingerprint density at radius 3 is 3.23 bits per heavy atom. The molecule has 0 radical (unpaired) electrons. The zero-order valence-corrected chi connectivity index (χ0v) is 7.57. The third-order valence-corrected chi connectivity index (χ3v) is 2.12. The molecule has 2 heterocycles. The van der Waals surface area contributed by atoms with E-state index in [-0.39, 0.29) is 6.29 Å². The molecular weight excluding hydrogens is 168 g/mol. The molecule has 0 spiro atoms. The fourth-order valence-corrected chi connectivity index (χ4v) is 1.43. The van der Waals surface area contributed by atoms with E-state index < -0.39 is 0 Å². The van der Waals surface area contributed by atoms with Crippen LogP contribution in [0.15, 0.2) is 22.8 Å². The molecule has 0 N–H and O–H groups in total. The zero-order chi connectivity index (χ0) is 8.93. The minimum atomic E-state index is 0.0231. The molecule has 1 unspecified atom stereocenters. The standard InChI is InChI=1S/C10H14O3/c1-3-9(11-6-1)5-8-13-10-4-2-7-12-10/h1,3,6,10H,2,4-5,7-8H2. The fraction of sp³-hybridized carbons (Fsp3) is 0.600. The van der Waals surface area contributed by atoms with Crippen LogP contribution in [0.3, 0.4) is 0 Å². The maximum atomic E-state index is 5.49. The van der Waals surface area contributed by atoms with Gasteiger partial charge in [0.2, 0.25) is 0 Å². The van der Waals surface area contributed by atoms with E-state index in [1.54, 1.807) is 6.26 Å². The van der Waals surface area contributed by atoms with E-state index in [1.807, 2.05) is 12.1 Å². The van der Waals surface area contributed by atoms with E-state index in [2.05, 4.69) is 0 Å². The number of rotatable bonds is 4. The van der Waals surface area contributed by atoms with Gasteiger partial charge >= 0.3 is 0 Å². The van der Waals surface area contributed by atoms with Crippen molar-refractivity contribution in [1.29, 1.82) is 0 Å². The third-order valence-electron chi connectivity index (χ3n) is 2.12.